The molecule has 2 aromatic rings. The summed E-state index contributed by atoms with van der Waals surface area (Å²) in [5, 5.41) is 0. The Morgan fingerprint density at radius 2 is 1.37 bits per heavy atom. The molecule has 4 aliphatic carbocycles. The van der Waals surface area contributed by atoms with E-state index in [1.807, 2.05) is 0 Å². The molecule has 0 amide bonds. The second kappa shape index (κ2) is 5.58. The highest BCUT2D eigenvalue weighted by Gasteiger charge is 2.13. The lowest BCUT2D eigenvalue weighted by Gasteiger charge is -2.18. The molecule has 0 aliphatic heterocycles. The molecule has 0 saturated carbocycles. The highest BCUT2D eigenvalue weighted by Crippen LogP contribution is 2.24. The molecule has 0 aromatic heterocycles. The predicted molar refractivity (Wildman–Crippen MR) is 78.6 cm³/mol. The molecule has 6 rings (SSSR count). The predicted octanol–water partition coefficient (Wildman–Crippen LogP) is 3.76. The van der Waals surface area contributed by atoms with Gasteiger partial charge in [0, 0.05) is 13.0 Å². The summed E-state index contributed by atoms with van der Waals surface area (Å²) in [5.41, 5.74) is 5.63. The van der Waals surface area contributed by atoms with Gasteiger partial charge in [-0.1, -0.05) is 48.5 Å². The lowest BCUT2D eigenvalue weighted by atomic mass is 9.90. The van der Waals surface area contributed by atoms with Crippen LogP contribution in [0.3, 0.4) is 0 Å². The van der Waals surface area contributed by atoms with E-state index in [9.17, 15) is 0 Å². The summed E-state index contributed by atoms with van der Waals surface area (Å²) < 4.78 is 5.40. The van der Waals surface area contributed by atoms with E-state index in [1.165, 1.54) is 22.3 Å². The minimum Gasteiger partial charge on any atom is -0.384 e. The molecular formula is C18H20O. The average molecular weight is 252 g/mol. The van der Waals surface area contributed by atoms with Crippen LogP contribution in [0.5, 0.6) is 0 Å². The lowest BCUT2D eigenvalue weighted by molar-refractivity contribution is 0.179. The Balaban J connectivity index is 1.98. The summed E-state index contributed by atoms with van der Waals surface area (Å²) in [7, 11) is 1.79. The molecule has 0 spiro atoms. The monoisotopic (exact) mass is 252 g/mol. The Morgan fingerprint density at radius 1 is 0.842 bits per heavy atom. The molecule has 0 N–H and O–H groups in total. The van der Waals surface area contributed by atoms with Gasteiger partial charge < -0.3 is 4.74 Å². The van der Waals surface area contributed by atoms with Crippen LogP contribution < -0.4 is 0 Å². The van der Waals surface area contributed by atoms with E-state index in [4.69, 9.17) is 4.74 Å². The van der Waals surface area contributed by atoms with Crippen LogP contribution in [-0.4, -0.2) is 13.7 Å². The Morgan fingerprint density at radius 3 is 1.95 bits per heavy atom. The smallest absolute Gasteiger partial charge is 0.0534 e. The molecule has 0 fully saturated rings. The molecule has 4 aliphatic rings. The Labute approximate surface area is 115 Å². The fourth-order valence-electron chi connectivity index (χ4n) is 2.85. The van der Waals surface area contributed by atoms with Crippen molar-refractivity contribution >= 4 is 0 Å². The average Bonchev–Trinajstić information content (AvgIpc) is 2.45. The van der Waals surface area contributed by atoms with Crippen molar-refractivity contribution in [2.24, 2.45) is 0 Å². The van der Waals surface area contributed by atoms with Crippen molar-refractivity contribution in [2.45, 2.75) is 25.2 Å². The standard InChI is InChI=1S/C18H20O/c1-19-13-18-12-16-6-4-14(5-7-16)2-3-15-8-10-17(18)11-9-15/h4-11,18H,2-3,12-13H2,1H3/t18-/m0/s1. The van der Waals surface area contributed by atoms with Crippen LogP contribution in [0.15, 0.2) is 48.5 Å². The summed E-state index contributed by atoms with van der Waals surface area (Å²) in [4.78, 5) is 0. The van der Waals surface area contributed by atoms with Gasteiger partial charge in [0.2, 0.25) is 0 Å². The SMILES string of the molecule is COC[C@@H]1Cc2ccc(cc2)CCc2ccc1cc2. The van der Waals surface area contributed by atoms with Crippen molar-refractivity contribution in [1.29, 1.82) is 0 Å². The Kier molecular flexibility index (Phi) is 3.65. The normalized spacial score (nSPS) is 18.1. The number of rotatable bonds is 2. The first kappa shape index (κ1) is 12.4. The fraction of sp³-hybridized carbons (Fsp3) is 0.333. The summed E-state index contributed by atoms with van der Waals surface area (Å²) in [6.45, 7) is 0.779. The third-order valence-corrected chi connectivity index (χ3v) is 4.03. The van der Waals surface area contributed by atoms with Crippen molar-refractivity contribution in [3.8, 4) is 0 Å². The van der Waals surface area contributed by atoms with Gasteiger partial charge in [-0.15, -0.1) is 0 Å². The molecule has 0 heterocycles. The zero-order valence-corrected chi connectivity index (χ0v) is 11.4. The van der Waals surface area contributed by atoms with E-state index in [2.05, 4.69) is 48.5 Å². The zero-order chi connectivity index (χ0) is 13.1. The number of hydrogen-bond donors (Lipinski definition) is 0. The van der Waals surface area contributed by atoms with Crippen LogP contribution in [0.25, 0.3) is 0 Å². The second-order valence-corrected chi connectivity index (χ2v) is 5.41. The van der Waals surface area contributed by atoms with E-state index >= 15 is 0 Å². The van der Waals surface area contributed by atoms with Gasteiger partial charge in [-0.2, -0.15) is 0 Å². The molecule has 98 valence electrons. The Hall–Kier alpha value is -1.60. The molecule has 0 unspecified atom stereocenters. The van der Waals surface area contributed by atoms with Crippen LogP contribution in [0.4, 0.5) is 0 Å². The topological polar surface area (TPSA) is 9.23 Å². The van der Waals surface area contributed by atoms with Crippen molar-refractivity contribution in [1.82, 2.24) is 0 Å². The number of ether oxygens (including phenoxy) is 1. The van der Waals surface area contributed by atoms with Crippen molar-refractivity contribution in [2.75, 3.05) is 13.7 Å². The van der Waals surface area contributed by atoms with Crippen molar-refractivity contribution < 1.29 is 4.74 Å². The van der Waals surface area contributed by atoms with E-state index in [0.717, 1.165) is 25.9 Å². The van der Waals surface area contributed by atoms with E-state index in [-0.39, 0.29) is 0 Å². The second-order valence-electron chi connectivity index (χ2n) is 5.41. The summed E-state index contributed by atoms with van der Waals surface area (Å²) in [6, 6.07) is 18.2. The minimum absolute atomic E-state index is 0.448. The number of benzene rings is 2. The van der Waals surface area contributed by atoms with Crippen LogP contribution in [-0.2, 0) is 24.0 Å². The number of methoxy groups -OCH3 is 1. The highest BCUT2D eigenvalue weighted by molar-refractivity contribution is 5.31. The summed E-state index contributed by atoms with van der Waals surface area (Å²) >= 11 is 0. The maximum atomic E-state index is 5.40. The molecule has 4 bridgehead atoms. The van der Waals surface area contributed by atoms with Crippen LogP contribution in [0.1, 0.15) is 28.2 Å². The summed E-state index contributed by atoms with van der Waals surface area (Å²) in [5.74, 6) is 0.448. The van der Waals surface area contributed by atoms with Gasteiger partial charge >= 0.3 is 0 Å². The van der Waals surface area contributed by atoms with Crippen molar-refractivity contribution in [3.63, 3.8) is 0 Å². The van der Waals surface area contributed by atoms with Crippen molar-refractivity contribution in [3.05, 3.63) is 70.8 Å². The maximum absolute atomic E-state index is 5.40. The molecule has 1 atom stereocenters. The Bertz CT molecular complexity index is 525. The van der Waals surface area contributed by atoms with Gasteiger partial charge in [-0.05, 0) is 41.5 Å². The quantitative estimate of drug-likeness (QED) is 0.791. The highest BCUT2D eigenvalue weighted by atomic mass is 16.5. The first-order valence-electron chi connectivity index (χ1n) is 7.01. The third-order valence-electron chi connectivity index (χ3n) is 4.03. The first-order valence-corrected chi connectivity index (χ1v) is 7.01. The van der Waals surface area contributed by atoms with Gasteiger partial charge in [0.15, 0.2) is 0 Å². The molecular weight excluding hydrogens is 232 g/mol. The molecule has 1 heteroatoms. The van der Waals surface area contributed by atoms with Crippen LogP contribution in [0.2, 0.25) is 0 Å². The van der Waals surface area contributed by atoms with Gasteiger partial charge in [0.1, 0.15) is 0 Å². The van der Waals surface area contributed by atoms with E-state index in [1.54, 1.807) is 7.11 Å². The molecule has 1 nitrogen and oxygen atoms in total. The third kappa shape index (κ3) is 2.87. The minimum atomic E-state index is 0.448. The first-order chi connectivity index (χ1) is 9.35. The summed E-state index contributed by atoms with van der Waals surface area (Å²) in [6.07, 6.45) is 3.29. The lowest BCUT2D eigenvalue weighted by Crippen LogP contribution is -2.10. The number of aryl methyl sites for hydroxylation is 2. The van der Waals surface area contributed by atoms with Gasteiger partial charge in [-0.3, -0.25) is 0 Å². The van der Waals surface area contributed by atoms with Crippen LogP contribution >= 0.6 is 0 Å². The van der Waals surface area contributed by atoms with E-state index < -0.39 is 0 Å². The molecule has 19 heavy (non-hydrogen) atoms. The van der Waals surface area contributed by atoms with Gasteiger partial charge in [0.25, 0.3) is 0 Å². The molecule has 0 saturated heterocycles. The van der Waals surface area contributed by atoms with Gasteiger partial charge in [-0.25, -0.2) is 0 Å². The molecule has 2 aromatic carbocycles. The number of hydrogen-bond acceptors (Lipinski definition) is 1. The molecule has 0 radical (unpaired) electrons. The van der Waals surface area contributed by atoms with Crippen LogP contribution in [0, 0.1) is 0 Å². The van der Waals surface area contributed by atoms with Gasteiger partial charge in [0.05, 0.1) is 6.61 Å². The largest absolute Gasteiger partial charge is 0.384 e. The fourth-order valence-corrected chi connectivity index (χ4v) is 2.85. The maximum Gasteiger partial charge on any atom is 0.0534 e. The zero-order valence-electron chi connectivity index (χ0n) is 11.4. The van der Waals surface area contributed by atoms with E-state index in [0.29, 0.717) is 5.92 Å².